The van der Waals surface area contributed by atoms with E-state index >= 15 is 0 Å². The zero-order chi connectivity index (χ0) is 13.2. The molecular formula is C16H10Cl2S. The molecule has 0 saturated heterocycles. The molecule has 0 radical (unpaired) electrons. The van der Waals surface area contributed by atoms with E-state index < -0.39 is 0 Å². The molecule has 3 rings (SSSR count). The Balaban J connectivity index is 2.14. The number of benzene rings is 2. The minimum Gasteiger partial charge on any atom is -0.136 e. The summed E-state index contributed by atoms with van der Waals surface area (Å²) >= 11 is 13.1. The Kier molecular flexibility index (Phi) is 3.61. The molecular weight excluding hydrogens is 295 g/mol. The molecule has 1 aromatic heterocycles. The summed E-state index contributed by atoms with van der Waals surface area (Å²) in [6.45, 7) is 0. The van der Waals surface area contributed by atoms with Crippen LogP contribution in [0.3, 0.4) is 0 Å². The van der Waals surface area contributed by atoms with Crippen LogP contribution in [0.25, 0.3) is 27.3 Å². The Bertz CT molecular complexity index is 747. The first-order valence-corrected chi connectivity index (χ1v) is 7.42. The van der Waals surface area contributed by atoms with Gasteiger partial charge >= 0.3 is 0 Å². The first-order valence-electron chi connectivity index (χ1n) is 5.85. The molecule has 0 aliphatic carbocycles. The maximum absolute atomic E-state index is 5.70. The molecule has 3 aromatic rings. The average Bonchev–Trinajstić information content (AvgIpc) is 2.85. The van der Waals surface area contributed by atoms with Crippen LogP contribution in [0.5, 0.6) is 0 Å². The summed E-state index contributed by atoms with van der Waals surface area (Å²) in [6.07, 6.45) is 1.77. The molecule has 0 fully saturated rings. The van der Waals surface area contributed by atoms with Crippen molar-refractivity contribution in [2.45, 2.75) is 0 Å². The largest absolute Gasteiger partial charge is 0.136 e. The van der Waals surface area contributed by atoms with Gasteiger partial charge in [0.15, 0.2) is 0 Å². The number of fused-ring (bicyclic) bond motifs is 1. The highest BCUT2D eigenvalue weighted by Crippen LogP contribution is 2.34. The van der Waals surface area contributed by atoms with Gasteiger partial charge in [0, 0.05) is 9.75 Å². The molecule has 1 heterocycles. The van der Waals surface area contributed by atoms with Crippen molar-refractivity contribution in [3.05, 3.63) is 64.0 Å². The van der Waals surface area contributed by atoms with E-state index in [1.54, 1.807) is 17.4 Å². The molecule has 0 amide bonds. The molecule has 0 atom stereocenters. The molecule has 0 bridgehead atoms. The highest BCUT2D eigenvalue weighted by Gasteiger charge is 2.05. The second-order valence-corrected chi connectivity index (χ2v) is 6.29. The fraction of sp³-hybridized carbons (Fsp3) is 0. The summed E-state index contributed by atoms with van der Waals surface area (Å²) in [7, 11) is 0. The van der Waals surface area contributed by atoms with Crippen molar-refractivity contribution < 1.29 is 0 Å². The van der Waals surface area contributed by atoms with Crippen LogP contribution in [0.1, 0.15) is 4.88 Å². The Morgan fingerprint density at radius 1 is 0.895 bits per heavy atom. The lowest BCUT2D eigenvalue weighted by Gasteiger charge is -2.03. The van der Waals surface area contributed by atoms with Crippen molar-refractivity contribution in [2.24, 2.45) is 0 Å². The van der Waals surface area contributed by atoms with E-state index in [-0.39, 0.29) is 4.49 Å². The normalized spacial score (nSPS) is 10.6. The summed E-state index contributed by atoms with van der Waals surface area (Å²) in [5, 5.41) is 2.51. The van der Waals surface area contributed by atoms with E-state index in [4.69, 9.17) is 23.2 Å². The summed E-state index contributed by atoms with van der Waals surface area (Å²) in [5.41, 5.74) is 1.24. The van der Waals surface area contributed by atoms with Gasteiger partial charge in [0.25, 0.3) is 0 Å². The lowest BCUT2D eigenvalue weighted by Crippen LogP contribution is -1.76. The van der Waals surface area contributed by atoms with Gasteiger partial charge in [0.05, 0.1) is 0 Å². The lowest BCUT2D eigenvalue weighted by molar-refractivity contribution is 1.74. The zero-order valence-electron chi connectivity index (χ0n) is 9.94. The molecule has 0 saturated carbocycles. The van der Waals surface area contributed by atoms with Crippen LogP contribution < -0.4 is 0 Å². The topological polar surface area (TPSA) is 0 Å². The summed E-state index contributed by atoms with van der Waals surface area (Å²) < 4.78 is 0.284. The van der Waals surface area contributed by atoms with E-state index in [1.165, 1.54) is 21.2 Å². The summed E-state index contributed by atoms with van der Waals surface area (Å²) in [6, 6.07) is 18.9. The number of hydrogen-bond donors (Lipinski definition) is 0. The van der Waals surface area contributed by atoms with Gasteiger partial charge < -0.3 is 0 Å². The number of hydrogen-bond acceptors (Lipinski definition) is 1. The van der Waals surface area contributed by atoms with Gasteiger partial charge in [-0.25, -0.2) is 0 Å². The van der Waals surface area contributed by atoms with Gasteiger partial charge in [-0.05, 0) is 34.5 Å². The molecule has 0 aliphatic heterocycles. The van der Waals surface area contributed by atoms with Gasteiger partial charge in [-0.3, -0.25) is 0 Å². The third-order valence-electron chi connectivity index (χ3n) is 2.93. The average molecular weight is 305 g/mol. The monoisotopic (exact) mass is 304 g/mol. The first-order chi connectivity index (χ1) is 9.24. The molecule has 0 unspecified atom stereocenters. The van der Waals surface area contributed by atoms with Crippen LogP contribution in [0.15, 0.2) is 59.1 Å². The minimum absolute atomic E-state index is 0.284. The minimum atomic E-state index is 0.284. The standard InChI is InChI=1S/C16H10Cl2S/c17-16(18)10-12-8-9-15(19-12)14-7-3-5-11-4-1-2-6-13(11)14/h1-10H. The van der Waals surface area contributed by atoms with Crippen LogP contribution in [0.4, 0.5) is 0 Å². The zero-order valence-corrected chi connectivity index (χ0v) is 12.3. The van der Waals surface area contributed by atoms with Gasteiger partial charge in [-0.1, -0.05) is 65.7 Å². The van der Waals surface area contributed by atoms with Gasteiger partial charge in [0.2, 0.25) is 0 Å². The van der Waals surface area contributed by atoms with Gasteiger partial charge in [-0.15, -0.1) is 11.3 Å². The van der Waals surface area contributed by atoms with Crippen molar-refractivity contribution in [3.63, 3.8) is 0 Å². The highest BCUT2D eigenvalue weighted by atomic mass is 35.5. The van der Waals surface area contributed by atoms with E-state index in [9.17, 15) is 0 Å². The fourth-order valence-corrected chi connectivity index (χ4v) is 3.48. The molecule has 0 spiro atoms. The quantitative estimate of drug-likeness (QED) is 0.518. The summed E-state index contributed by atoms with van der Waals surface area (Å²) in [5.74, 6) is 0. The smallest absolute Gasteiger partial charge is 0.108 e. The number of thiophene rings is 1. The second kappa shape index (κ2) is 5.38. The van der Waals surface area contributed by atoms with Crippen LogP contribution in [-0.4, -0.2) is 0 Å². The Labute approximate surface area is 125 Å². The fourth-order valence-electron chi connectivity index (χ4n) is 2.12. The lowest BCUT2D eigenvalue weighted by atomic mass is 10.0. The van der Waals surface area contributed by atoms with Crippen LogP contribution in [0.2, 0.25) is 0 Å². The highest BCUT2D eigenvalue weighted by molar-refractivity contribution is 7.16. The van der Waals surface area contributed by atoms with Crippen molar-refractivity contribution in [1.29, 1.82) is 0 Å². The summed E-state index contributed by atoms with van der Waals surface area (Å²) in [4.78, 5) is 2.28. The number of halogens is 2. The molecule has 0 aliphatic rings. The van der Waals surface area contributed by atoms with Crippen molar-refractivity contribution >= 4 is 51.4 Å². The predicted molar refractivity (Wildman–Crippen MR) is 86.9 cm³/mol. The van der Waals surface area contributed by atoms with Crippen molar-refractivity contribution in [2.75, 3.05) is 0 Å². The predicted octanol–water partition coefficient (Wildman–Crippen LogP) is 6.34. The molecule has 0 N–H and O–H groups in total. The van der Waals surface area contributed by atoms with Crippen molar-refractivity contribution in [3.8, 4) is 10.4 Å². The molecule has 0 nitrogen and oxygen atoms in total. The third kappa shape index (κ3) is 2.69. The van der Waals surface area contributed by atoms with E-state index in [1.807, 2.05) is 6.07 Å². The van der Waals surface area contributed by atoms with E-state index in [0.717, 1.165) is 4.88 Å². The maximum Gasteiger partial charge on any atom is 0.108 e. The third-order valence-corrected chi connectivity index (χ3v) is 4.22. The number of rotatable bonds is 2. The Morgan fingerprint density at radius 3 is 2.53 bits per heavy atom. The Morgan fingerprint density at radius 2 is 1.68 bits per heavy atom. The Hall–Kier alpha value is -1.28. The van der Waals surface area contributed by atoms with Gasteiger partial charge in [-0.2, -0.15) is 0 Å². The van der Waals surface area contributed by atoms with E-state index in [2.05, 4.69) is 48.5 Å². The molecule has 2 aromatic carbocycles. The van der Waals surface area contributed by atoms with E-state index in [0.29, 0.717) is 0 Å². The second-order valence-electron chi connectivity index (χ2n) is 4.16. The van der Waals surface area contributed by atoms with Crippen molar-refractivity contribution in [1.82, 2.24) is 0 Å². The van der Waals surface area contributed by atoms with Gasteiger partial charge in [0.1, 0.15) is 4.49 Å². The molecule has 19 heavy (non-hydrogen) atoms. The van der Waals surface area contributed by atoms with Crippen LogP contribution in [-0.2, 0) is 0 Å². The SMILES string of the molecule is ClC(Cl)=Cc1ccc(-c2cccc3ccccc23)s1. The van der Waals surface area contributed by atoms with Crippen LogP contribution >= 0.6 is 34.5 Å². The molecule has 3 heteroatoms. The van der Waals surface area contributed by atoms with Crippen LogP contribution in [0, 0.1) is 0 Å². The molecule has 94 valence electrons. The maximum atomic E-state index is 5.70. The first kappa shape index (κ1) is 12.7.